The number of methoxy groups -OCH3 is 1. The molecule has 25 heavy (non-hydrogen) atoms. The van der Waals surface area contributed by atoms with Crippen molar-refractivity contribution >= 4 is 27.8 Å². The van der Waals surface area contributed by atoms with Crippen LogP contribution in [0.25, 0.3) is 0 Å². The number of halogens is 1. The number of carbonyl (C=O) groups excluding carboxylic acids is 1. The predicted molar refractivity (Wildman–Crippen MR) is 96.4 cm³/mol. The molecule has 1 N–H and O–H groups in total. The fourth-order valence-corrected chi connectivity index (χ4v) is 3.22. The maximum absolute atomic E-state index is 12.8. The van der Waals surface area contributed by atoms with Crippen molar-refractivity contribution in [2.45, 2.75) is 32.9 Å². The third-order valence-corrected chi connectivity index (χ3v) is 4.34. The van der Waals surface area contributed by atoms with E-state index in [4.69, 9.17) is 9.47 Å². The molecule has 3 rings (SSSR count). The number of ether oxygens (including phenoxy) is 2. The molecule has 8 heteroatoms. The van der Waals surface area contributed by atoms with Crippen LogP contribution < -0.4 is 10.1 Å². The number of allylic oxidation sites excluding steroid dienone is 1. The van der Waals surface area contributed by atoms with Gasteiger partial charge in [0.1, 0.15) is 18.1 Å². The van der Waals surface area contributed by atoms with Crippen LogP contribution >= 0.6 is 15.9 Å². The molecular weight excluding hydrogens is 388 g/mol. The summed E-state index contributed by atoms with van der Waals surface area (Å²) in [5, 5.41) is 7.41. The van der Waals surface area contributed by atoms with Gasteiger partial charge in [-0.25, -0.2) is 9.48 Å². The molecule has 2 heterocycles. The van der Waals surface area contributed by atoms with E-state index in [0.29, 0.717) is 23.0 Å². The maximum atomic E-state index is 12.8. The zero-order chi connectivity index (χ0) is 18.1. The van der Waals surface area contributed by atoms with Gasteiger partial charge >= 0.3 is 5.97 Å². The van der Waals surface area contributed by atoms with Crippen molar-refractivity contribution < 1.29 is 14.3 Å². The van der Waals surface area contributed by atoms with E-state index in [1.807, 2.05) is 39.0 Å². The molecule has 0 fully saturated rings. The Hall–Kier alpha value is -2.35. The van der Waals surface area contributed by atoms with Crippen LogP contribution in [0.3, 0.4) is 0 Å². The molecule has 0 spiro atoms. The van der Waals surface area contributed by atoms with Gasteiger partial charge in [-0.3, -0.25) is 0 Å². The van der Waals surface area contributed by atoms with E-state index < -0.39 is 12.0 Å². The number of aromatic nitrogens is 3. The lowest BCUT2D eigenvalue weighted by Gasteiger charge is -2.29. The second-order valence-electron chi connectivity index (χ2n) is 5.93. The SMILES string of the molecule is COc1ccc(Br)cc1C1C(C(=O)OC(C)C)=C(C)Nc2ncnn21. The average Bonchev–Trinajstić information content (AvgIpc) is 3.00. The Bertz CT molecular complexity index is 844. The lowest BCUT2D eigenvalue weighted by Crippen LogP contribution is -2.30. The van der Waals surface area contributed by atoms with Crippen LogP contribution in [0.4, 0.5) is 5.95 Å². The lowest BCUT2D eigenvalue weighted by molar-refractivity contribution is -0.143. The summed E-state index contributed by atoms with van der Waals surface area (Å²) >= 11 is 3.49. The first-order valence-corrected chi connectivity index (χ1v) is 8.63. The normalized spacial score (nSPS) is 16.5. The summed E-state index contributed by atoms with van der Waals surface area (Å²) in [6, 6.07) is 5.14. The Morgan fingerprint density at radius 2 is 2.16 bits per heavy atom. The zero-order valence-electron chi connectivity index (χ0n) is 14.4. The molecule has 1 aliphatic rings. The van der Waals surface area contributed by atoms with E-state index in [9.17, 15) is 4.79 Å². The number of carbonyl (C=O) groups is 1. The fourth-order valence-electron chi connectivity index (χ4n) is 2.84. The molecule has 1 aliphatic heterocycles. The van der Waals surface area contributed by atoms with Crippen molar-refractivity contribution in [1.29, 1.82) is 0 Å². The number of nitrogens with zero attached hydrogens (tertiary/aromatic N) is 3. The predicted octanol–water partition coefficient (Wildman–Crippen LogP) is 3.29. The van der Waals surface area contributed by atoms with Crippen molar-refractivity contribution in [2.24, 2.45) is 0 Å². The molecule has 0 radical (unpaired) electrons. The molecule has 132 valence electrons. The third-order valence-electron chi connectivity index (χ3n) is 3.84. The van der Waals surface area contributed by atoms with Crippen molar-refractivity contribution in [1.82, 2.24) is 14.8 Å². The van der Waals surface area contributed by atoms with Crippen LogP contribution in [0.2, 0.25) is 0 Å². The molecule has 2 aromatic rings. The summed E-state index contributed by atoms with van der Waals surface area (Å²) in [5.41, 5.74) is 1.95. The van der Waals surface area contributed by atoms with Gasteiger partial charge in [0.15, 0.2) is 0 Å². The van der Waals surface area contributed by atoms with Gasteiger partial charge in [-0.05, 0) is 39.0 Å². The minimum Gasteiger partial charge on any atom is -0.496 e. The Morgan fingerprint density at radius 1 is 1.40 bits per heavy atom. The van der Waals surface area contributed by atoms with Crippen LogP contribution in [0.5, 0.6) is 5.75 Å². The molecule has 0 bridgehead atoms. The van der Waals surface area contributed by atoms with E-state index in [1.54, 1.807) is 11.8 Å². The van der Waals surface area contributed by atoms with E-state index in [1.165, 1.54) is 6.33 Å². The maximum Gasteiger partial charge on any atom is 0.338 e. The summed E-state index contributed by atoms with van der Waals surface area (Å²) in [4.78, 5) is 17.0. The highest BCUT2D eigenvalue weighted by atomic mass is 79.9. The van der Waals surface area contributed by atoms with Crippen LogP contribution in [-0.2, 0) is 9.53 Å². The number of esters is 1. The van der Waals surface area contributed by atoms with Crippen molar-refractivity contribution in [3.05, 3.63) is 45.8 Å². The van der Waals surface area contributed by atoms with Crippen molar-refractivity contribution in [2.75, 3.05) is 12.4 Å². The average molecular weight is 407 g/mol. The molecule has 0 saturated heterocycles. The number of hydrogen-bond donors (Lipinski definition) is 1. The number of hydrogen-bond acceptors (Lipinski definition) is 6. The molecule has 1 aromatic carbocycles. The molecule has 1 aromatic heterocycles. The second-order valence-corrected chi connectivity index (χ2v) is 6.85. The van der Waals surface area contributed by atoms with Crippen LogP contribution in [0.15, 0.2) is 40.3 Å². The van der Waals surface area contributed by atoms with Gasteiger partial charge in [0.2, 0.25) is 5.95 Å². The Kier molecular flexibility index (Phi) is 4.80. The highest BCUT2D eigenvalue weighted by Crippen LogP contribution is 2.40. The van der Waals surface area contributed by atoms with Gasteiger partial charge in [-0.2, -0.15) is 10.1 Å². The van der Waals surface area contributed by atoms with E-state index >= 15 is 0 Å². The summed E-state index contributed by atoms with van der Waals surface area (Å²) in [6.45, 7) is 5.46. The highest BCUT2D eigenvalue weighted by molar-refractivity contribution is 9.10. The molecular formula is C17H19BrN4O3. The quantitative estimate of drug-likeness (QED) is 0.784. The first-order valence-electron chi connectivity index (χ1n) is 7.84. The van der Waals surface area contributed by atoms with Gasteiger partial charge in [-0.15, -0.1) is 0 Å². The Labute approximate surface area is 154 Å². The highest BCUT2D eigenvalue weighted by Gasteiger charge is 2.36. The minimum atomic E-state index is -0.502. The lowest BCUT2D eigenvalue weighted by atomic mass is 9.95. The third kappa shape index (κ3) is 3.26. The first-order chi connectivity index (χ1) is 11.9. The summed E-state index contributed by atoms with van der Waals surface area (Å²) in [6.07, 6.45) is 1.22. The standard InChI is InChI=1S/C17H19BrN4O3/c1-9(2)25-16(23)14-10(3)21-17-19-8-20-22(17)15(14)12-7-11(18)5-6-13(12)24-4/h5-9,15H,1-4H3,(H,19,20,21). The zero-order valence-corrected chi connectivity index (χ0v) is 16.0. The molecule has 0 aliphatic carbocycles. The number of fused-ring (bicyclic) bond motifs is 1. The summed E-state index contributed by atoms with van der Waals surface area (Å²) < 4.78 is 13.5. The minimum absolute atomic E-state index is 0.227. The number of nitrogens with one attached hydrogen (secondary N) is 1. The second kappa shape index (κ2) is 6.87. The summed E-state index contributed by atoms with van der Waals surface area (Å²) in [7, 11) is 1.60. The number of rotatable bonds is 4. The number of anilines is 1. The Balaban J connectivity index is 2.19. The molecule has 0 amide bonds. The van der Waals surface area contributed by atoms with Gasteiger partial charge in [0.05, 0.1) is 18.8 Å². The van der Waals surface area contributed by atoms with Crippen molar-refractivity contribution in [3.63, 3.8) is 0 Å². The van der Waals surface area contributed by atoms with Crippen LogP contribution in [-0.4, -0.2) is 33.9 Å². The van der Waals surface area contributed by atoms with Crippen LogP contribution in [0.1, 0.15) is 32.4 Å². The van der Waals surface area contributed by atoms with Gasteiger partial charge in [0, 0.05) is 15.7 Å². The monoisotopic (exact) mass is 406 g/mol. The van der Waals surface area contributed by atoms with Gasteiger partial charge in [-0.1, -0.05) is 15.9 Å². The topological polar surface area (TPSA) is 78.3 Å². The fraction of sp³-hybridized carbons (Fsp3) is 0.353. The van der Waals surface area contributed by atoms with E-state index in [-0.39, 0.29) is 6.10 Å². The molecule has 1 atom stereocenters. The molecule has 1 unspecified atom stereocenters. The molecule has 7 nitrogen and oxygen atoms in total. The summed E-state index contributed by atoms with van der Waals surface area (Å²) in [5.74, 6) is 0.818. The smallest absolute Gasteiger partial charge is 0.338 e. The van der Waals surface area contributed by atoms with Gasteiger partial charge in [0.25, 0.3) is 0 Å². The first kappa shape index (κ1) is 17.5. The molecule has 0 saturated carbocycles. The Morgan fingerprint density at radius 3 is 2.84 bits per heavy atom. The van der Waals surface area contributed by atoms with E-state index in [2.05, 4.69) is 31.3 Å². The van der Waals surface area contributed by atoms with Gasteiger partial charge < -0.3 is 14.8 Å². The van der Waals surface area contributed by atoms with Crippen molar-refractivity contribution in [3.8, 4) is 5.75 Å². The number of benzene rings is 1. The van der Waals surface area contributed by atoms with E-state index in [0.717, 1.165) is 10.0 Å². The van der Waals surface area contributed by atoms with Crippen LogP contribution in [0, 0.1) is 0 Å². The largest absolute Gasteiger partial charge is 0.496 e.